The Morgan fingerprint density at radius 2 is 2.00 bits per heavy atom. The zero-order valence-corrected chi connectivity index (χ0v) is 24.5. The van der Waals surface area contributed by atoms with Crippen molar-refractivity contribution in [3.63, 3.8) is 0 Å². The highest BCUT2D eigenvalue weighted by Gasteiger charge is 2.23. The summed E-state index contributed by atoms with van der Waals surface area (Å²) in [5.74, 6) is 2.56. The third-order valence-corrected chi connectivity index (χ3v) is 8.34. The molecule has 0 atom stereocenters. The number of halogens is 1. The van der Waals surface area contributed by atoms with E-state index in [4.69, 9.17) is 23.7 Å². The van der Waals surface area contributed by atoms with E-state index in [0.717, 1.165) is 52.5 Å². The van der Waals surface area contributed by atoms with Crippen molar-refractivity contribution in [3.05, 3.63) is 45.7 Å². The van der Waals surface area contributed by atoms with E-state index in [2.05, 4.69) is 54.2 Å². The van der Waals surface area contributed by atoms with Crippen molar-refractivity contribution in [3.8, 4) is 29.1 Å². The lowest BCUT2D eigenvalue weighted by molar-refractivity contribution is 0.0321. The average Bonchev–Trinajstić information content (AvgIpc) is 3.63. The fraction of sp³-hybridized carbons (Fsp3) is 0.296. The molecule has 2 aliphatic rings. The molecule has 206 valence electrons. The molecule has 4 heterocycles. The fourth-order valence-electron chi connectivity index (χ4n) is 4.42. The second-order valence-corrected chi connectivity index (χ2v) is 11.1. The molecule has 2 N–H and O–H groups in total. The highest BCUT2D eigenvalue weighted by atomic mass is 127. The van der Waals surface area contributed by atoms with Crippen LogP contribution in [0.3, 0.4) is 0 Å². The van der Waals surface area contributed by atoms with Gasteiger partial charge in [0, 0.05) is 41.2 Å². The number of ether oxygens (including phenoxy) is 5. The Bertz CT molecular complexity index is 1590. The summed E-state index contributed by atoms with van der Waals surface area (Å²) >= 11 is 3.62. The number of nitriles is 1. The monoisotopic (exact) mass is 672 g/mol. The van der Waals surface area contributed by atoms with Gasteiger partial charge in [0.1, 0.15) is 17.4 Å². The van der Waals surface area contributed by atoms with Gasteiger partial charge in [-0.2, -0.15) is 10.2 Å². The minimum Gasteiger partial charge on any atom is -0.493 e. The Labute approximate surface area is 248 Å². The Morgan fingerprint density at radius 3 is 2.83 bits per heavy atom. The fourth-order valence-corrected chi connectivity index (χ4v) is 5.93. The van der Waals surface area contributed by atoms with Gasteiger partial charge in [0.2, 0.25) is 6.79 Å². The maximum absolute atomic E-state index is 9.83. The van der Waals surface area contributed by atoms with Crippen molar-refractivity contribution in [1.82, 2.24) is 14.9 Å². The number of hydrogen-bond donors (Lipinski definition) is 2. The molecule has 2 aliphatic heterocycles. The predicted molar refractivity (Wildman–Crippen MR) is 160 cm³/mol. The SMILES string of the molecule is COc1cc(Nc2nc3ncc(C#N)c(Nc4c(I)ccc5c4OCO5)c3s2)ccc1OCCN1CCOCC1. The average molecular weight is 673 g/mol. The molecular weight excluding hydrogens is 647 g/mol. The number of methoxy groups -OCH3 is 1. The summed E-state index contributed by atoms with van der Waals surface area (Å²) in [5, 5.41) is 17.2. The molecule has 0 unspecified atom stereocenters. The van der Waals surface area contributed by atoms with Gasteiger partial charge in [-0.3, -0.25) is 4.90 Å². The first kappa shape index (κ1) is 26.6. The second-order valence-electron chi connectivity index (χ2n) is 8.90. The molecule has 2 aromatic carbocycles. The van der Waals surface area contributed by atoms with Gasteiger partial charge >= 0.3 is 0 Å². The predicted octanol–water partition coefficient (Wildman–Crippen LogP) is 5.10. The lowest BCUT2D eigenvalue weighted by Gasteiger charge is -2.26. The van der Waals surface area contributed by atoms with Crippen LogP contribution in [0.1, 0.15) is 5.56 Å². The molecule has 40 heavy (non-hydrogen) atoms. The van der Waals surface area contributed by atoms with Crippen LogP contribution in [-0.4, -0.2) is 68.2 Å². The summed E-state index contributed by atoms with van der Waals surface area (Å²) in [5.41, 5.74) is 3.05. The number of thiazole rings is 1. The number of fused-ring (bicyclic) bond motifs is 2. The number of hydrogen-bond acceptors (Lipinski definition) is 12. The quantitative estimate of drug-likeness (QED) is 0.231. The number of rotatable bonds is 9. The Kier molecular flexibility index (Phi) is 7.91. The summed E-state index contributed by atoms with van der Waals surface area (Å²) < 4.78 is 29.9. The van der Waals surface area contributed by atoms with Crippen molar-refractivity contribution in [2.24, 2.45) is 0 Å². The molecule has 0 bridgehead atoms. The Balaban J connectivity index is 1.22. The first-order valence-corrected chi connectivity index (χ1v) is 14.4. The third kappa shape index (κ3) is 5.52. The molecule has 11 nitrogen and oxygen atoms in total. The van der Waals surface area contributed by atoms with Gasteiger partial charge in [0.15, 0.2) is 33.8 Å². The van der Waals surface area contributed by atoms with Crippen LogP contribution in [0, 0.1) is 14.9 Å². The number of anilines is 4. The minimum absolute atomic E-state index is 0.150. The Hall–Kier alpha value is -3.58. The maximum atomic E-state index is 9.83. The van der Waals surface area contributed by atoms with E-state index in [1.54, 1.807) is 7.11 Å². The van der Waals surface area contributed by atoms with Crippen LogP contribution in [0.2, 0.25) is 0 Å². The van der Waals surface area contributed by atoms with Crippen LogP contribution in [0.25, 0.3) is 10.3 Å². The molecule has 2 aromatic heterocycles. The van der Waals surface area contributed by atoms with Gasteiger partial charge < -0.3 is 34.3 Å². The zero-order chi connectivity index (χ0) is 27.5. The smallest absolute Gasteiger partial charge is 0.231 e. The lowest BCUT2D eigenvalue weighted by atomic mass is 10.2. The molecule has 0 radical (unpaired) electrons. The van der Waals surface area contributed by atoms with Crippen LogP contribution < -0.4 is 29.6 Å². The molecule has 0 amide bonds. The molecule has 0 spiro atoms. The molecule has 13 heteroatoms. The van der Waals surface area contributed by atoms with Gasteiger partial charge in [0.25, 0.3) is 0 Å². The second kappa shape index (κ2) is 11.9. The first-order valence-electron chi connectivity index (χ1n) is 12.6. The van der Waals surface area contributed by atoms with E-state index >= 15 is 0 Å². The highest BCUT2D eigenvalue weighted by molar-refractivity contribution is 14.1. The van der Waals surface area contributed by atoms with E-state index in [1.807, 2.05) is 30.3 Å². The van der Waals surface area contributed by atoms with Gasteiger partial charge in [-0.1, -0.05) is 11.3 Å². The lowest BCUT2D eigenvalue weighted by Crippen LogP contribution is -2.38. The van der Waals surface area contributed by atoms with E-state index < -0.39 is 0 Å². The van der Waals surface area contributed by atoms with Crippen molar-refractivity contribution in [1.29, 1.82) is 5.26 Å². The van der Waals surface area contributed by atoms with Crippen molar-refractivity contribution in [2.45, 2.75) is 0 Å². The van der Waals surface area contributed by atoms with Crippen LogP contribution in [0.5, 0.6) is 23.0 Å². The molecular formula is C27H25IN6O5S. The van der Waals surface area contributed by atoms with E-state index in [1.165, 1.54) is 17.5 Å². The summed E-state index contributed by atoms with van der Waals surface area (Å²) in [6.07, 6.45) is 1.52. The van der Waals surface area contributed by atoms with Crippen LogP contribution >= 0.6 is 33.9 Å². The summed E-state index contributed by atoms with van der Waals surface area (Å²) in [6.45, 7) is 4.90. The normalized spacial score (nSPS) is 14.6. The molecule has 0 saturated carbocycles. The van der Waals surface area contributed by atoms with Gasteiger partial charge in [-0.05, 0) is 46.9 Å². The van der Waals surface area contributed by atoms with Crippen molar-refractivity contribution < 1.29 is 23.7 Å². The van der Waals surface area contributed by atoms with E-state index in [9.17, 15) is 5.26 Å². The maximum Gasteiger partial charge on any atom is 0.231 e. The summed E-state index contributed by atoms with van der Waals surface area (Å²) in [6, 6.07) is 11.7. The topological polar surface area (TPSA) is 123 Å². The standard InChI is InChI=1S/C27H25IN6O5S/c1-35-21-12-17(2-4-19(21)37-11-8-34-6-9-36-10-7-34)31-27-33-26-25(40-27)22(16(13-29)14-30-26)32-23-18(28)3-5-20-24(23)39-15-38-20/h2-5,12,14H,6-11,15H2,1H3,(H2,30,31,32,33). The number of nitrogens with one attached hydrogen (secondary N) is 2. The van der Waals surface area contributed by atoms with Gasteiger partial charge in [-0.25, -0.2) is 4.98 Å². The van der Waals surface area contributed by atoms with Crippen LogP contribution in [0.15, 0.2) is 36.5 Å². The van der Waals surface area contributed by atoms with Crippen molar-refractivity contribution >= 4 is 66.5 Å². The van der Waals surface area contributed by atoms with Crippen molar-refractivity contribution in [2.75, 3.05) is 64.0 Å². The van der Waals surface area contributed by atoms with Gasteiger partial charge in [-0.15, -0.1) is 0 Å². The van der Waals surface area contributed by atoms with E-state index in [-0.39, 0.29) is 6.79 Å². The van der Waals surface area contributed by atoms with E-state index in [0.29, 0.717) is 51.6 Å². The summed E-state index contributed by atoms with van der Waals surface area (Å²) in [7, 11) is 1.62. The molecule has 1 saturated heterocycles. The number of benzene rings is 2. The Morgan fingerprint density at radius 1 is 1.12 bits per heavy atom. The molecule has 0 aliphatic carbocycles. The number of pyridine rings is 1. The zero-order valence-electron chi connectivity index (χ0n) is 21.5. The first-order chi connectivity index (χ1) is 19.6. The van der Waals surface area contributed by atoms with Gasteiger partial charge in [0.05, 0.1) is 37.3 Å². The van der Waals surface area contributed by atoms with Crippen LogP contribution in [-0.2, 0) is 4.74 Å². The number of nitrogens with zero attached hydrogens (tertiary/aromatic N) is 4. The largest absolute Gasteiger partial charge is 0.493 e. The number of morpholine rings is 1. The summed E-state index contributed by atoms with van der Waals surface area (Å²) in [4.78, 5) is 11.4. The highest BCUT2D eigenvalue weighted by Crippen LogP contribution is 2.45. The van der Waals surface area contributed by atoms with Crippen LogP contribution in [0.4, 0.5) is 22.2 Å². The number of aromatic nitrogens is 2. The third-order valence-electron chi connectivity index (χ3n) is 6.46. The molecule has 4 aromatic rings. The molecule has 6 rings (SSSR count). The molecule has 1 fully saturated rings. The minimum atomic E-state index is 0.150.